The molecule has 0 aromatic heterocycles. The molecule has 2 aromatic rings. The van der Waals surface area contributed by atoms with Gasteiger partial charge >= 0.3 is 0 Å². The van der Waals surface area contributed by atoms with Crippen LogP contribution >= 0.6 is 23.4 Å². The van der Waals surface area contributed by atoms with Crippen molar-refractivity contribution >= 4 is 23.4 Å². The Bertz CT molecular complexity index is 543. The van der Waals surface area contributed by atoms with E-state index in [1.807, 2.05) is 48.5 Å². The highest BCUT2D eigenvalue weighted by Crippen LogP contribution is 2.25. The largest absolute Gasteiger partial charge is 0.192 e. The van der Waals surface area contributed by atoms with E-state index >= 15 is 0 Å². The van der Waals surface area contributed by atoms with Gasteiger partial charge in [0.2, 0.25) is 0 Å². The van der Waals surface area contributed by atoms with Gasteiger partial charge in [-0.2, -0.15) is 5.26 Å². The summed E-state index contributed by atoms with van der Waals surface area (Å²) in [6.45, 7) is 0. The Labute approximate surface area is 110 Å². The molecular formula is C14H10ClNS. The molecule has 0 heterocycles. The SMILES string of the molecule is N#Cc1ccccc1CSc1ccc(Cl)cc1. The maximum Gasteiger partial charge on any atom is 0.0994 e. The number of hydrogen-bond acceptors (Lipinski definition) is 2. The zero-order valence-electron chi connectivity index (χ0n) is 9.06. The van der Waals surface area contributed by atoms with Crippen LogP contribution in [0.25, 0.3) is 0 Å². The highest BCUT2D eigenvalue weighted by molar-refractivity contribution is 7.98. The van der Waals surface area contributed by atoms with Crippen LogP contribution in [-0.2, 0) is 5.75 Å². The van der Waals surface area contributed by atoms with Crippen molar-refractivity contribution in [3.05, 3.63) is 64.7 Å². The third kappa shape index (κ3) is 3.26. The molecular weight excluding hydrogens is 250 g/mol. The number of nitriles is 1. The van der Waals surface area contributed by atoms with Crippen LogP contribution in [-0.4, -0.2) is 0 Å². The van der Waals surface area contributed by atoms with Gasteiger partial charge in [-0.05, 0) is 35.9 Å². The van der Waals surface area contributed by atoms with Crippen molar-refractivity contribution in [3.8, 4) is 6.07 Å². The molecule has 0 aliphatic carbocycles. The number of nitrogens with zero attached hydrogens (tertiary/aromatic N) is 1. The first-order chi connectivity index (χ1) is 8.29. The van der Waals surface area contributed by atoms with E-state index in [0.29, 0.717) is 0 Å². The molecule has 0 unspecified atom stereocenters. The minimum Gasteiger partial charge on any atom is -0.192 e. The summed E-state index contributed by atoms with van der Waals surface area (Å²) < 4.78 is 0. The van der Waals surface area contributed by atoms with E-state index in [1.165, 1.54) is 0 Å². The minimum atomic E-state index is 0.742. The van der Waals surface area contributed by atoms with Crippen molar-refractivity contribution in [2.45, 2.75) is 10.6 Å². The van der Waals surface area contributed by atoms with Crippen molar-refractivity contribution in [3.63, 3.8) is 0 Å². The molecule has 0 aliphatic heterocycles. The predicted molar refractivity (Wildman–Crippen MR) is 72.2 cm³/mol. The van der Waals surface area contributed by atoms with Gasteiger partial charge in [0.25, 0.3) is 0 Å². The maximum atomic E-state index is 8.98. The molecule has 84 valence electrons. The van der Waals surface area contributed by atoms with E-state index < -0.39 is 0 Å². The molecule has 1 nitrogen and oxygen atoms in total. The summed E-state index contributed by atoms with van der Waals surface area (Å²) in [7, 11) is 0. The molecule has 0 radical (unpaired) electrons. The fourth-order valence-corrected chi connectivity index (χ4v) is 2.48. The van der Waals surface area contributed by atoms with Gasteiger partial charge in [-0.3, -0.25) is 0 Å². The van der Waals surface area contributed by atoms with E-state index in [1.54, 1.807) is 11.8 Å². The van der Waals surface area contributed by atoms with Crippen LogP contribution in [0.2, 0.25) is 5.02 Å². The molecule has 0 saturated heterocycles. The van der Waals surface area contributed by atoms with Crippen molar-refractivity contribution < 1.29 is 0 Å². The van der Waals surface area contributed by atoms with Gasteiger partial charge in [0.15, 0.2) is 0 Å². The molecule has 0 amide bonds. The van der Waals surface area contributed by atoms with E-state index in [2.05, 4.69) is 6.07 Å². The first-order valence-corrected chi connectivity index (χ1v) is 6.52. The first kappa shape index (κ1) is 12.0. The van der Waals surface area contributed by atoms with Crippen LogP contribution in [0, 0.1) is 11.3 Å². The number of hydrogen-bond donors (Lipinski definition) is 0. The zero-order valence-corrected chi connectivity index (χ0v) is 10.6. The summed E-state index contributed by atoms with van der Waals surface area (Å²) in [4.78, 5) is 1.15. The van der Waals surface area contributed by atoms with E-state index in [9.17, 15) is 0 Å². The average molecular weight is 260 g/mol. The Morgan fingerprint density at radius 2 is 1.76 bits per heavy atom. The van der Waals surface area contributed by atoms with Crippen LogP contribution in [0.15, 0.2) is 53.4 Å². The number of rotatable bonds is 3. The normalized spacial score (nSPS) is 9.88. The van der Waals surface area contributed by atoms with Crippen LogP contribution in [0.3, 0.4) is 0 Å². The summed E-state index contributed by atoms with van der Waals surface area (Å²) >= 11 is 7.53. The molecule has 0 spiro atoms. The molecule has 2 aromatic carbocycles. The lowest BCUT2D eigenvalue weighted by Crippen LogP contribution is -1.86. The van der Waals surface area contributed by atoms with Gasteiger partial charge in [0.1, 0.15) is 0 Å². The van der Waals surface area contributed by atoms with Crippen molar-refractivity contribution in [2.75, 3.05) is 0 Å². The topological polar surface area (TPSA) is 23.8 Å². The summed E-state index contributed by atoms with van der Waals surface area (Å²) in [5.74, 6) is 0.797. The van der Waals surface area contributed by atoms with Crippen LogP contribution in [0.1, 0.15) is 11.1 Å². The third-order valence-electron chi connectivity index (χ3n) is 2.35. The maximum absolute atomic E-state index is 8.98. The number of thioether (sulfide) groups is 1. The molecule has 17 heavy (non-hydrogen) atoms. The quantitative estimate of drug-likeness (QED) is 0.758. The molecule has 2 rings (SSSR count). The monoisotopic (exact) mass is 259 g/mol. The highest BCUT2D eigenvalue weighted by Gasteiger charge is 2.01. The van der Waals surface area contributed by atoms with Crippen LogP contribution in [0.4, 0.5) is 0 Å². The lowest BCUT2D eigenvalue weighted by molar-refractivity contribution is 1.34. The van der Waals surface area contributed by atoms with Gasteiger partial charge in [-0.25, -0.2) is 0 Å². The zero-order chi connectivity index (χ0) is 12.1. The average Bonchev–Trinajstić information content (AvgIpc) is 2.38. The highest BCUT2D eigenvalue weighted by atomic mass is 35.5. The Hall–Kier alpha value is -1.43. The van der Waals surface area contributed by atoms with Crippen molar-refractivity contribution in [2.24, 2.45) is 0 Å². The van der Waals surface area contributed by atoms with E-state index in [4.69, 9.17) is 16.9 Å². The van der Waals surface area contributed by atoms with Gasteiger partial charge in [-0.15, -0.1) is 11.8 Å². The van der Waals surface area contributed by atoms with E-state index in [-0.39, 0.29) is 0 Å². The Morgan fingerprint density at radius 3 is 2.47 bits per heavy atom. The van der Waals surface area contributed by atoms with Gasteiger partial charge in [0.05, 0.1) is 11.6 Å². The molecule has 0 bridgehead atoms. The number of benzene rings is 2. The predicted octanol–water partition coefficient (Wildman–Crippen LogP) is 4.50. The first-order valence-electron chi connectivity index (χ1n) is 5.16. The van der Waals surface area contributed by atoms with Crippen LogP contribution < -0.4 is 0 Å². The third-order valence-corrected chi connectivity index (χ3v) is 3.66. The summed E-state index contributed by atoms with van der Waals surface area (Å²) in [5.41, 5.74) is 1.81. The molecule has 0 aliphatic rings. The van der Waals surface area contributed by atoms with Gasteiger partial charge in [-0.1, -0.05) is 29.8 Å². The van der Waals surface area contributed by atoms with Crippen molar-refractivity contribution in [1.29, 1.82) is 5.26 Å². The standard InChI is InChI=1S/C14H10ClNS/c15-13-5-7-14(8-6-13)17-10-12-4-2-1-3-11(12)9-16/h1-8H,10H2. The fraction of sp³-hybridized carbons (Fsp3) is 0.0714. The Kier molecular flexibility index (Phi) is 4.08. The Morgan fingerprint density at radius 1 is 1.06 bits per heavy atom. The lowest BCUT2D eigenvalue weighted by Gasteiger charge is -2.03. The molecule has 3 heteroatoms. The minimum absolute atomic E-state index is 0.742. The van der Waals surface area contributed by atoms with Gasteiger partial charge < -0.3 is 0 Å². The van der Waals surface area contributed by atoms with Gasteiger partial charge in [0, 0.05) is 15.7 Å². The second kappa shape index (κ2) is 5.77. The Balaban J connectivity index is 2.08. The molecule has 0 fully saturated rings. The van der Waals surface area contributed by atoms with Crippen LogP contribution in [0.5, 0.6) is 0 Å². The lowest BCUT2D eigenvalue weighted by atomic mass is 10.1. The molecule has 0 atom stereocenters. The summed E-state index contributed by atoms with van der Waals surface area (Å²) in [6, 6.07) is 17.6. The second-order valence-corrected chi connectivity index (χ2v) is 5.00. The van der Waals surface area contributed by atoms with E-state index in [0.717, 1.165) is 26.8 Å². The fourth-order valence-electron chi connectivity index (χ4n) is 1.45. The summed E-state index contributed by atoms with van der Waals surface area (Å²) in [6.07, 6.45) is 0. The molecule has 0 N–H and O–H groups in total. The molecule has 0 saturated carbocycles. The smallest absolute Gasteiger partial charge is 0.0994 e. The summed E-state index contributed by atoms with van der Waals surface area (Å²) in [5, 5.41) is 9.72. The van der Waals surface area contributed by atoms with Crippen molar-refractivity contribution in [1.82, 2.24) is 0 Å². The number of halogens is 1. The second-order valence-electron chi connectivity index (χ2n) is 3.51.